The lowest BCUT2D eigenvalue weighted by molar-refractivity contribution is -0.146. The van der Waals surface area contributed by atoms with E-state index in [1.807, 2.05) is 56.2 Å². The van der Waals surface area contributed by atoms with Crippen LogP contribution in [0.4, 0.5) is 0 Å². The first-order valence-corrected chi connectivity index (χ1v) is 8.50. The largest absolute Gasteiger partial charge is 0.492 e. The van der Waals surface area contributed by atoms with Gasteiger partial charge in [0, 0.05) is 18.4 Å². The Hall–Kier alpha value is -2.28. The maximum Gasteiger partial charge on any atom is 0.228 e. The van der Waals surface area contributed by atoms with E-state index in [0.29, 0.717) is 12.1 Å². The number of rotatable bonds is 1. The van der Waals surface area contributed by atoms with Crippen LogP contribution in [0.25, 0.3) is 5.57 Å². The van der Waals surface area contributed by atoms with E-state index in [4.69, 9.17) is 10.00 Å². The zero-order chi connectivity index (χ0) is 17.4. The summed E-state index contributed by atoms with van der Waals surface area (Å²) in [7, 11) is 0. The van der Waals surface area contributed by atoms with Crippen LogP contribution in [0.3, 0.4) is 0 Å². The molecular formula is C20H24N2O2. The van der Waals surface area contributed by atoms with Gasteiger partial charge in [0.15, 0.2) is 0 Å². The van der Waals surface area contributed by atoms with Crippen LogP contribution < -0.4 is 0 Å². The molecule has 1 atom stereocenters. The molecule has 2 aliphatic rings. The number of nitrogens with zero attached hydrogens (tertiary/aromatic N) is 2. The zero-order valence-electron chi connectivity index (χ0n) is 14.6. The minimum atomic E-state index is -0.361. The molecule has 2 aliphatic heterocycles. The fourth-order valence-corrected chi connectivity index (χ4v) is 3.54. The van der Waals surface area contributed by atoms with Crippen molar-refractivity contribution in [3.05, 3.63) is 41.7 Å². The van der Waals surface area contributed by atoms with Gasteiger partial charge < -0.3 is 9.64 Å². The number of benzene rings is 1. The third-order valence-corrected chi connectivity index (χ3v) is 4.82. The van der Waals surface area contributed by atoms with Crippen LogP contribution in [0.2, 0.25) is 0 Å². The van der Waals surface area contributed by atoms with E-state index >= 15 is 0 Å². The summed E-state index contributed by atoms with van der Waals surface area (Å²) in [5, 5.41) is 8.91. The molecule has 3 rings (SSSR count). The Balaban J connectivity index is 1.72. The van der Waals surface area contributed by atoms with Crippen LogP contribution in [0.15, 0.2) is 30.5 Å². The lowest BCUT2D eigenvalue weighted by Gasteiger charge is -2.42. The molecular weight excluding hydrogens is 300 g/mol. The predicted molar refractivity (Wildman–Crippen MR) is 92.8 cm³/mol. The van der Waals surface area contributed by atoms with E-state index in [1.54, 1.807) is 0 Å². The zero-order valence-corrected chi connectivity index (χ0v) is 14.6. The maximum atomic E-state index is 12.6. The fourth-order valence-electron chi connectivity index (χ4n) is 3.54. The van der Waals surface area contributed by atoms with Crippen LogP contribution in [-0.4, -0.2) is 29.5 Å². The molecule has 4 nitrogen and oxygen atoms in total. The van der Waals surface area contributed by atoms with Crippen LogP contribution in [0.5, 0.6) is 0 Å². The summed E-state index contributed by atoms with van der Waals surface area (Å²) >= 11 is 0. The highest BCUT2D eigenvalue weighted by atomic mass is 16.5. The minimum Gasteiger partial charge on any atom is -0.492 e. The monoisotopic (exact) mass is 324 g/mol. The number of amides is 1. The van der Waals surface area contributed by atoms with Crippen molar-refractivity contribution in [2.45, 2.75) is 45.6 Å². The molecule has 0 radical (unpaired) electrons. The number of hydrogen-bond acceptors (Lipinski definition) is 3. The summed E-state index contributed by atoms with van der Waals surface area (Å²) in [6.07, 6.45) is 4.59. The van der Waals surface area contributed by atoms with Crippen LogP contribution in [-0.2, 0) is 9.53 Å². The Morgan fingerprint density at radius 2 is 2.00 bits per heavy atom. The third-order valence-electron chi connectivity index (χ3n) is 4.82. The molecule has 0 saturated carbocycles. The second-order valence-corrected chi connectivity index (χ2v) is 7.89. The Kier molecular flexibility index (Phi) is 4.13. The number of carbonyl (C=O) groups is 1. The number of nitriles is 1. The Labute approximate surface area is 143 Å². The molecule has 126 valence electrons. The highest BCUT2D eigenvalue weighted by Gasteiger charge is 2.43. The molecule has 1 amide bonds. The Bertz CT molecular complexity index is 707. The van der Waals surface area contributed by atoms with E-state index in [0.717, 1.165) is 36.9 Å². The second-order valence-electron chi connectivity index (χ2n) is 7.89. The van der Waals surface area contributed by atoms with E-state index < -0.39 is 0 Å². The summed E-state index contributed by atoms with van der Waals surface area (Å²) in [6, 6.07) is 9.73. The SMILES string of the molecule is CC(C)(C)C(=O)N1CCCC2(CC(c3ccc(C#N)cc3)=CO2)C1. The van der Waals surface area contributed by atoms with Crippen molar-refractivity contribution in [1.82, 2.24) is 4.90 Å². The quantitative estimate of drug-likeness (QED) is 0.791. The van der Waals surface area contributed by atoms with Gasteiger partial charge in [0.25, 0.3) is 0 Å². The molecule has 0 aliphatic carbocycles. The summed E-state index contributed by atoms with van der Waals surface area (Å²) in [6.45, 7) is 7.36. The smallest absolute Gasteiger partial charge is 0.228 e. The van der Waals surface area contributed by atoms with Crippen molar-refractivity contribution < 1.29 is 9.53 Å². The molecule has 0 aromatic heterocycles. The van der Waals surface area contributed by atoms with Gasteiger partial charge >= 0.3 is 0 Å². The van der Waals surface area contributed by atoms with Crippen molar-refractivity contribution in [3.8, 4) is 6.07 Å². The van der Waals surface area contributed by atoms with E-state index in [-0.39, 0.29) is 16.9 Å². The fraction of sp³-hybridized carbons (Fsp3) is 0.500. The van der Waals surface area contributed by atoms with Crippen molar-refractivity contribution in [2.24, 2.45) is 5.41 Å². The maximum absolute atomic E-state index is 12.6. The predicted octanol–water partition coefficient (Wildman–Crippen LogP) is 3.73. The van der Waals surface area contributed by atoms with E-state index in [9.17, 15) is 4.79 Å². The van der Waals surface area contributed by atoms with Crippen LogP contribution in [0.1, 0.15) is 51.2 Å². The van der Waals surface area contributed by atoms with Crippen molar-refractivity contribution in [1.29, 1.82) is 5.26 Å². The Morgan fingerprint density at radius 3 is 2.62 bits per heavy atom. The first-order valence-electron chi connectivity index (χ1n) is 8.50. The van der Waals surface area contributed by atoms with Gasteiger partial charge in [-0.15, -0.1) is 0 Å². The molecule has 1 spiro atoms. The molecule has 2 heterocycles. The van der Waals surface area contributed by atoms with E-state index in [1.165, 1.54) is 0 Å². The van der Waals surface area contributed by atoms with Gasteiger partial charge in [-0.1, -0.05) is 32.9 Å². The lowest BCUT2D eigenvalue weighted by atomic mass is 9.84. The van der Waals surface area contributed by atoms with Crippen molar-refractivity contribution >= 4 is 11.5 Å². The summed E-state index contributed by atoms with van der Waals surface area (Å²) in [4.78, 5) is 14.6. The molecule has 0 bridgehead atoms. The summed E-state index contributed by atoms with van der Waals surface area (Å²) in [5.74, 6) is 0.192. The van der Waals surface area contributed by atoms with Gasteiger partial charge in [-0.2, -0.15) is 5.26 Å². The van der Waals surface area contributed by atoms with E-state index in [2.05, 4.69) is 6.07 Å². The van der Waals surface area contributed by atoms with Crippen LogP contribution >= 0.6 is 0 Å². The standard InChI is InChI=1S/C20H24N2O2/c1-19(2,3)18(23)22-10-4-9-20(14-22)11-17(13-24-20)16-7-5-15(12-21)6-8-16/h5-8,13H,4,9-11,14H2,1-3H3. The average Bonchev–Trinajstić information content (AvgIpc) is 2.96. The van der Waals surface area contributed by atoms with Crippen molar-refractivity contribution in [2.75, 3.05) is 13.1 Å². The van der Waals surface area contributed by atoms with Gasteiger partial charge in [-0.25, -0.2) is 0 Å². The average molecular weight is 324 g/mol. The summed E-state index contributed by atoms with van der Waals surface area (Å²) in [5.41, 5.74) is 2.24. The molecule has 1 saturated heterocycles. The highest BCUT2D eigenvalue weighted by molar-refractivity contribution is 5.82. The van der Waals surface area contributed by atoms with Gasteiger partial charge in [0.05, 0.1) is 24.4 Å². The first kappa shape index (κ1) is 16.6. The molecule has 24 heavy (non-hydrogen) atoms. The number of likely N-dealkylation sites (tertiary alicyclic amines) is 1. The molecule has 1 aromatic carbocycles. The molecule has 0 N–H and O–H groups in total. The normalized spacial score (nSPS) is 23.6. The lowest BCUT2D eigenvalue weighted by Crippen LogP contribution is -2.52. The molecule has 1 unspecified atom stereocenters. The number of carbonyl (C=O) groups excluding carboxylic acids is 1. The Morgan fingerprint density at radius 1 is 1.29 bits per heavy atom. The topological polar surface area (TPSA) is 53.3 Å². The third kappa shape index (κ3) is 3.17. The van der Waals surface area contributed by atoms with Gasteiger partial charge in [0.1, 0.15) is 5.60 Å². The second kappa shape index (κ2) is 5.98. The van der Waals surface area contributed by atoms with Crippen LogP contribution in [0, 0.1) is 16.7 Å². The number of hydrogen-bond donors (Lipinski definition) is 0. The minimum absolute atomic E-state index is 0.192. The highest BCUT2D eigenvalue weighted by Crippen LogP contribution is 2.41. The van der Waals surface area contributed by atoms with Crippen molar-refractivity contribution in [3.63, 3.8) is 0 Å². The molecule has 1 fully saturated rings. The molecule has 1 aromatic rings. The van der Waals surface area contributed by atoms with Gasteiger partial charge in [0.2, 0.25) is 5.91 Å². The number of piperidine rings is 1. The first-order chi connectivity index (χ1) is 11.3. The van der Waals surface area contributed by atoms with Gasteiger partial charge in [-0.05, 0) is 36.1 Å². The summed E-state index contributed by atoms with van der Waals surface area (Å²) < 4.78 is 6.08. The van der Waals surface area contributed by atoms with Gasteiger partial charge in [-0.3, -0.25) is 4.79 Å². The molecule has 4 heteroatoms. The number of ether oxygens (including phenoxy) is 1.